The van der Waals surface area contributed by atoms with Gasteiger partial charge in [0.25, 0.3) is 5.91 Å². The first kappa shape index (κ1) is 24.3. The summed E-state index contributed by atoms with van der Waals surface area (Å²) in [5, 5.41) is 6.32. The minimum absolute atomic E-state index is 0.223. The minimum Gasteiger partial charge on any atom is -0.482 e. The number of nitrogens with zero attached hydrogens (tertiary/aromatic N) is 1. The Hall–Kier alpha value is -3.87. The number of benzene rings is 4. The summed E-state index contributed by atoms with van der Waals surface area (Å²) >= 11 is 12.0. The van der Waals surface area contributed by atoms with E-state index in [1.54, 1.807) is 36.4 Å². The summed E-state index contributed by atoms with van der Waals surface area (Å²) in [5.74, 6) is -0.395. The lowest BCUT2D eigenvalue weighted by Crippen LogP contribution is -2.24. The SMILES string of the molecule is Cc1ccc(C(=O)Oc2ccc3ccccc3c2/C=N\NC(=O)COc2cccc(Cl)c2Cl)cc1. The van der Waals surface area contributed by atoms with Crippen molar-refractivity contribution in [1.82, 2.24) is 5.43 Å². The molecule has 8 heteroatoms. The zero-order valence-corrected chi connectivity index (χ0v) is 20.1. The van der Waals surface area contributed by atoms with Crippen molar-refractivity contribution in [2.45, 2.75) is 6.92 Å². The molecule has 176 valence electrons. The lowest BCUT2D eigenvalue weighted by Gasteiger charge is -2.11. The third-order valence-electron chi connectivity index (χ3n) is 5.08. The van der Waals surface area contributed by atoms with Crippen molar-refractivity contribution < 1.29 is 19.1 Å². The smallest absolute Gasteiger partial charge is 0.343 e. The molecule has 0 aliphatic heterocycles. The van der Waals surface area contributed by atoms with Crippen molar-refractivity contribution >= 4 is 52.1 Å². The molecule has 0 saturated carbocycles. The Labute approximate surface area is 212 Å². The molecular formula is C27H20Cl2N2O4. The highest BCUT2D eigenvalue weighted by molar-refractivity contribution is 6.42. The lowest BCUT2D eigenvalue weighted by molar-refractivity contribution is -0.123. The number of fused-ring (bicyclic) bond motifs is 1. The van der Waals surface area contributed by atoms with Gasteiger partial charge in [-0.15, -0.1) is 0 Å². The van der Waals surface area contributed by atoms with E-state index in [2.05, 4.69) is 10.5 Å². The van der Waals surface area contributed by atoms with Crippen LogP contribution in [-0.4, -0.2) is 24.7 Å². The van der Waals surface area contributed by atoms with Gasteiger partial charge in [0.2, 0.25) is 0 Å². The number of halogens is 2. The average Bonchev–Trinajstić information content (AvgIpc) is 2.86. The summed E-state index contributed by atoms with van der Waals surface area (Å²) in [6.07, 6.45) is 1.43. The van der Waals surface area contributed by atoms with E-state index in [4.69, 9.17) is 32.7 Å². The predicted octanol–water partition coefficient (Wildman–Crippen LogP) is 6.20. The molecule has 0 aliphatic carbocycles. The van der Waals surface area contributed by atoms with E-state index < -0.39 is 11.9 Å². The second kappa shape index (κ2) is 11.0. The molecule has 0 aliphatic rings. The van der Waals surface area contributed by atoms with Gasteiger partial charge in [0, 0.05) is 5.56 Å². The standard InChI is InChI=1S/C27H20Cl2N2O4/c1-17-9-11-19(12-10-17)27(33)35-23-14-13-18-5-2-3-6-20(18)21(23)15-30-31-25(32)16-34-24-8-4-7-22(28)26(24)29/h2-15H,16H2,1H3,(H,31,32)/b30-15-. The van der Waals surface area contributed by atoms with E-state index in [0.717, 1.165) is 16.3 Å². The van der Waals surface area contributed by atoms with Crippen LogP contribution in [0.25, 0.3) is 10.8 Å². The van der Waals surface area contributed by atoms with E-state index in [-0.39, 0.29) is 17.4 Å². The van der Waals surface area contributed by atoms with Crippen LogP contribution in [0.2, 0.25) is 10.0 Å². The van der Waals surface area contributed by atoms with Gasteiger partial charge >= 0.3 is 5.97 Å². The fourth-order valence-electron chi connectivity index (χ4n) is 3.29. The number of ether oxygens (including phenoxy) is 2. The van der Waals surface area contributed by atoms with Crippen molar-refractivity contribution in [3.8, 4) is 11.5 Å². The number of hydrazone groups is 1. The third kappa shape index (κ3) is 5.98. The highest BCUT2D eigenvalue weighted by atomic mass is 35.5. The van der Waals surface area contributed by atoms with Gasteiger partial charge in [0.1, 0.15) is 16.5 Å². The maximum absolute atomic E-state index is 12.7. The van der Waals surface area contributed by atoms with Crippen LogP contribution in [0.15, 0.2) is 84.0 Å². The molecule has 4 rings (SSSR count). The van der Waals surface area contributed by atoms with Gasteiger partial charge in [-0.2, -0.15) is 5.10 Å². The molecule has 35 heavy (non-hydrogen) atoms. The van der Waals surface area contributed by atoms with Gasteiger partial charge in [-0.25, -0.2) is 10.2 Å². The summed E-state index contributed by atoms with van der Waals surface area (Å²) in [4.78, 5) is 24.9. The molecule has 4 aromatic rings. The Bertz CT molecular complexity index is 1420. The molecule has 0 fully saturated rings. The van der Waals surface area contributed by atoms with Crippen molar-refractivity contribution in [3.63, 3.8) is 0 Å². The van der Waals surface area contributed by atoms with Crippen molar-refractivity contribution in [2.24, 2.45) is 5.10 Å². The number of carbonyl (C=O) groups is 2. The first-order valence-electron chi connectivity index (χ1n) is 10.6. The number of amides is 1. The third-order valence-corrected chi connectivity index (χ3v) is 5.88. The minimum atomic E-state index is -0.504. The fraction of sp³-hybridized carbons (Fsp3) is 0.0741. The maximum atomic E-state index is 12.7. The van der Waals surface area contributed by atoms with E-state index >= 15 is 0 Å². The second-order valence-corrected chi connectivity index (χ2v) is 8.37. The highest BCUT2D eigenvalue weighted by Crippen LogP contribution is 2.31. The van der Waals surface area contributed by atoms with Gasteiger partial charge in [-0.05, 0) is 48.0 Å². The topological polar surface area (TPSA) is 77.0 Å². The Balaban J connectivity index is 1.50. The summed E-state index contributed by atoms with van der Waals surface area (Å²) in [5.41, 5.74) is 4.42. The van der Waals surface area contributed by atoms with Gasteiger partial charge in [-0.3, -0.25) is 4.79 Å². The number of aryl methyl sites for hydroxylation is 1. The van der Waals surface area contributed by atoms with Crippen molar-refractivity contribution in [2.75, 3.05) is 6.61 Å². The van der Waals surface area contributed by atoms with E-state index in [0.29, 0.717) is 21.9 Å². The number of esters is 1. The Morgan fingerprint density at radius 2 is 1.69 bits per heavy atom. The zero-order chi connectivity index (χ0) is 24.8. The molecule has 0 unspecified atom stereocenters. The number of nitrogens with one attached hydrogen (secondary N) is 1. The molecule has 6 nitrogen and oxygen atoms in total. The Morgan fingerprint density at radius 3 is 2.49 bits per heavy atom. The monoisotopic (exact) mass is 506 g/mol. The molecule has 0 heterocycles. The van der Waals surface area contributed by atoms with Crippen LogP contribution in [0.3, 0.4) is 0 Å². The van der Waals surface area contributed by atoms with Gasteiger partial charge in [-0.1, -0.05) is 77.3 Å². The van der Waals surface area contributed by atoms with E-state index in [1.165, 1.54) is 6.21 Å². The molecule has 0 bridgehead atoms. The first-order valence-corrected chi connectivity index (χ1v) is 11.4. The molecule has 1 amide bonds. The largest absolute Gasteiger partial charge is 0.482 e. The predicted molar refractivity (Wildman–Crippen MR) is 138 cm³/mol. The van der Waals surface area contributed by atoms with Crippen LogP contribution in [-0.2, 0) is 4.79 Å². The summed E-state index contributed by atoms with van der Waals surface area (Å²) in [7, 11) is 0. The molecule has 0 atom stereocenters. The number of carbonyl (C=O) groups excluding carboxylic acids is 2. The lowest BCUT2D eigenvalue weighted by atomic mass is 10.0. The molecule has 4 aromatic carbocycles. The second-order valence-electron chi connectivity index (χ2n) is 7.59. The quantitative estimate of drug-likeness (QED) is 0.140. The average molecular weight is 507 g/mol. The number of rotatable bonds is 7. The summed E-state index contributed by atoms with van der Waals surface area (Å²) in [6, 6.07) is 23.1. The van der Waals surface area contributed by atoms with E-state index in [9.17, 15) is 9.59 Å². The summed E-state index contributed by atoms with van der Waals surface area (Å²) in [6.45, 7) is 1.62. The molecule has 0 spiro atoms. The molecule has 1 N–H and O–H groups in total. The van der Waals surface area contributed by atoms with Crippen LogP contribution >= 0.6 is 23.2 Å². The van der Waals surface area contributed by atoms with E-state index in [1.807, 2.05) is 49.4 Å². The maximum Gasteiger partial charge on any atom is 0.343 e. The fourth-order valence-corrected chi connectivity index (χ4v) is 3.63. The Morgan fingerprint density at radius 1 is 0.914 bits per heavy atom. The zero-order valence-electron chi connectivity index (χ0n) is 18.6. The van der Waals surface area contributed by atoms with Crippen LogP contribution in [0, 0.1) is 6.92 Å². The number of hydrogen-bond acceptors (Lipinski definition) is 5. The van der Waals surface area contributed by atoms with Gasteiger partial charge in [0.05, 0.1) is 16.8 Å². The Kier molecular flexibility index (Phi) is 7.65. The van der Waals surface area contributed by atoms with Crippen molar-refractivity contribution in [1.29, 1.82) is 0 Å². The van der Waals surface area contributed by atoms with Crippen LogP contribution < -0.4 is 14.9 Å². The normalized spacial score (nSPS) is 10.9. The molecule has 0 aromatic heterocycles. The number of hydrogen-bond donors (Lipinski definition) is 1. The molecule has 0 radical (unpaired) electrons. The summed E-state index contributed by atoms with van der Waals surface area (Å²) < 4.78 is 11.1. The molecule has 0 saturated heterocycles. The van der Waals surface area contributed by atoms with Crippen LogP contribution in [0.1, 0.15) is 21.5 Å². The highest BCUT2D eigenvalue weighted by Gasteiger charge is 2.14. The van der Waals surface area contributed by atoms with Crippen LogP contribution in [0.4, 0.5) is 0 Å². The van der Waals surface area contributed by atoms with Crippen molar-refractivity contribution in [3.05, 3.63) is 106 Å². The first-order chi connectivity index (χ1) is 16.9. The van der Waals surface area contributed by atoms with Gasteiger partial charge < -0.3 is 9.47 Å². The molecular weight excluding hydrogens is 487 g/mol. The van der Waals surface area contributed by atoms with Crippen LogP contribution in [0.5, 0.6) is 11.5 Å². The van der Waals surface area contributed by atoms with Gasteiger partial charge in [0.15, 0.2) is 6.61 Å².